The number of aryl methyl sites for hydroxylation is 1. The maximum absolute atomic E-state index is 14.1. The molecule has 0 aliphatic rings. The van der Waals surface area contributed by atoms with E-state index in [4.69, 9.17) is 0 Å². The second kappa shape index (κ2) is 8.23. The van der Waals surface area contributed by atoms with Crippen molar-refractivity contribution in [3.63, 3.8) is 0 Å². The summed E-state index contributed by atoms with van der Waals surface area (Å²) < 4.78 is 29.4. The predicted octanol–water partition coefficient (Wildman–Crippen LogP) is 4.09. The fraction of sp³-hybridized carbons (Fsp3) is 0.143. The van der Waals surface area contributed by atoms with E-state index in [1.165, 1.54) is 22.1 Å². The van der Waals surface area contributed by atoms with Crippen LogP contribution in [0.4, 0.5) is 14.6 Å². The number of carbonyl (C=O) groups excluding carboxylic acids is 1. The number of H-pyrrole nitrogens is 1. The summed E-state index contributed by atoms with van der Waals surface area (Å²) in [7, 11) is 0. The minimum atomic E-state index is -0.989. The van der Waals surface area contributed by atoms with Crippen LogP contribution in [0, 0.1) is 18.6 Å². The molecule has 158 valence electrons. The molecule has 0 bridgehead atoms. The van der Waals surface area contributed by atoms with Crippen molar-refractivity contribution in [1.82, 2.24) is 19.7 Å². The summed E-state index contributed by atoms with van der Waals surface area (Å²) in [6, 6.07) is 8.39. The van der Waals surface area contributed by atoms with Gasteiger partial charge < -0.3 is 5.32 Å². The maximum Gasteiger partial charge on any atom is 0.262 e. The van der Waals surface area contributed by atoms with Crippen LogP contribution in [-0.2, 0) is 6.42 Å². The number of aromatic amines is 1. The minimum absolute atomic E-state index is 0.0758. The first-order chi connectivity index (χ1) is 14.9. The van der Waals surface area contributed by atoms with Gasteiger partial charge in [-0.2, -0.15) is 9.78 Å². The molecule has 2 N–H and O–H groups in total. The van der Waals surface area contributed by atoms with E-state index >= 15 is 0 Å². The van der Waals surface area contributed by atoms with Gasteiger partial charge in [-0.1, -0.05) is 19.1 Å². The van der Waals surface area contributed by atoms with E-state index in [2.05, 4.69) is 20.4 Å². The number of rotatable bonds is 5. The van der Waals surface area contributed by atoms with Crippen LogP contribution in [0.3, 0.4) is 0 Å². The smallest absolute Gasteiger partial charge is 0.262 e. The molecule has 0 spiro atoms. The highest BCUT2D eigenvalue weighted by atomic mass is 32.1. The molecule has 4 rings (SSSR count). The zero-order valence-corrected chi connectivity index (χ0v) is 17.4. The summed E-state index contributed by atoms with van der Waals surface area (Å²) >= 11 is 1.42. The van der Waals surface area contributed by atoms with Gasteiger partial charge in [0, 0.05) is 17.3 Å². The largest absolute Gasteiger partial charge is 0.306 e. The maximum atomic E-state index is 14.1. The van der Waals surface area contributed by atoms with E-state index in [1.807, 2.05) is 24.4 Å². The normalized spacial score (nSPS) is 11.0. The van der Waals surface area contributed by atoms with Gasteiger partial charge in [0.2, 0.25) is 5.95 Å². The fourth-order valence-corrected chi connectivity index (χ4v) is 3.86. The highest BCUT2D eigenvalue weighted by Crippen LogP contribution is 2.28. The molecule has 10 heteroatoms. The lowest BCUT2D eigenvalue weighted by molar-refractivity contribution is 0.101. The summed E-state index contributed by atoms with van der Waals surface area (Å²) in [5, 5.41) is 8.79. The predicted molar refractivity (Wildman–Crippen MR) is 114 cm³/mol. The Morgan fingerprint density at radius 1 is 1.23 bits per heavy atom. The van der Waals surface area contributed by atoms with Gasteiger partial charge in [0.25, 0.3) is 11.5 Å². The summed E-state index contributed by atoms with van der Waals surface area (Å²) in [5.74, 6) is -2.79. The molecule has 3 heterocycles. The number of benzene rings is 1. The van der Waals surface area contributed by atoms with Crippen molar-refractivity contribution in [1.29, 1.82) is 0 Å². The molecule has 0 saturated carbocycles. The molecule has 31 heavy (non-hydrogen) atoms. The van der Waals surface area contributed by atoms with Gasteiger partial charge >= 0.3 is 0 Å². The molecule has 1 aromatic carbocycles. The van der Waals surface area contributed by atoms with E-state index < -0.39 is 23.1 Å². The van der Waals surface area contributed by atoms with Crippen molar-refractivity contribution in [3.05, 3.63) is 80.6 Å². The van der Waals surface area contributed by atoms with Crippen LogP contribution in [0.5, 0.6) is 0 Å². The van der Waals surface area contributed by atoms with Gasteiger partial charge in [-0.15, -0.1) is 11.3 Å². The molecule has 3 aromatic heterocycles. The van der Waals surface area contributed by atoms with Crippen LogP contribution < -0.4 is 10.9 Å². The fourth-order valence-electron chi connectivity index (χ4n) is 3.18. The Morgan fingerprint density at radius 3 is 2.58 bits per heavy atom. The molecule has 0 saturated heterocycles. The molecule has 0 aliphatic carbocycles. The van der Waals surface area contributed by atoms with Gasteiger partial charge in [-0.25, -0.2) is 13.8 Å². The van der Waals surface area contributed by atoms with Crippen molar-refractivity contribution < 1.29 is 13.6 Å². The van der Waals surface area contributed by atoms with Gasteiger partial charge in [-0.3, -0.25) is 14.6 Å². The Labute approximate surface area is 179 Å². The first-order valence-electron chi connectivity index (χ1n) is 9.38. The molecular weight excluding hydrogens is 424 g/mol. The molecule has 4 aromatic rings. The van der Waals surface area contributed by atoms with Crippen molar-refractivity contribution in [2.45, 2.75) is 20.3 Å². The second-order valence-electron chi connectivity index (χ2n) is 6.66. The van der Waals surface area contributed by atoms with Crippen molar-refractivity contribution in [3.8, 4) is 16.5 Å². The number of thiophene rings is 1. The molecule has 0 aliphatic heterocycles. The summed E-state index contributed by atoms with van der Waals surface area (Å²) in [6.07, 6.45) is 0.504. The van der Waals surface area contributed by atoms with E-state index in [0.717, 1.165) is 17.0 Å². The highest BCUT2D eigenvalue weighted by Gasteiger charge is 2.21. The Kier molecular flexibility index (Phi) is 5.47. The SMILES string of the molecule is CCc1c(C)nc(-n2nc(-c3cccs3)cc2NC(=O)c2c(F)cccc2F)[nH]c1=O. The number of nitrogens with one attached hydrogen (secondary N) is 2. The number of amides is 1. The van der Waals surface area contributed by atoms with Gasteiger partial charge in [-0.05, 0) is 36.9 Å². The van der Waals surface area contributed by atoms with E-state index in [-0.39, 0.29) is 17.3 Å². The third-order valence-electron chi connectivity index (χ3n) is 4.68. The summed E-state index contributed by atoms with van der Waals surface area (Å²) in [6.45, 7) is 3.55. The van der Waals surface area contributed by atoms with Crippen molar-refractivity contribution >= 4 is 23.1 Å². The Bertz CT molecular complexity index is 1310. The minimum Gasteiger partial charge on any atom is -0.306 e. The third-order valence-corrected chi connectivity index (χ3v) is 5.57. The van der Waals surface area contributed by atoms with Crippen LogP contribution in [0.25, 0.3) is 16.5 Å². The quantitative estimate of drug-likeness (QED) is 0.488. The van der Waals surface area contributed by atoms with Gasteiger partial charge in [0.15, 0.2) is 0 Å². The lowest BCUT2D eigenvalue weighted by Crippen LogP contribution is -2.22. The molecule has 0 fully saturated rings. The zero-order valence-electron chi connectivity index (χ0n) is 16.6. The average Bonchev–Trinajstić information content (AvgIpc) is 3.37. The average molecular weight is 441 g/mol. The van der Waals surface area contributed by atoms with E-state index in [9.17, 15) is 18.4 Å². The number of anilines is 1. The first kappa shape index (κ1) is 20.6. The standard InChI is InChI=1S/C21H17F2N5O2S/c1-3-12-11(2)24-21(26-19(12)29)28-17(10-15(27-28)16-8-5-9-31-16)25-20(30)18-13(22)6-4-7-14(18)23/h4-10H,3H2,1-2H3,(H,25,30)(H,24,26,29). The topological polar surface area (TPSA) is 92.7 Å². The Morgan fingerprint density at radius 2 is 1.97 bits per heavy atom. The van der Waals surface area contributed by atoms with Gasteiger partial charge in [0.05, 0.1) is 4.88 Å². The van der Waals surface area contributed by atoms with E-state index in [1.54, 1.807) is 13.0 Å². The monoisotopic (exact) mass is 441 g/mol. The zero-order chi connectivity index (χ0) is 22.1. The molecule has 1 amide bonds. The lowest BCUT2D eigenvalue weighted by atomic mass is 10.2. The second-order valence-corrected chi connectivity index (χ2v) is 7.61. The number of aromatic nitrogens is 4. The molecular formula is C21H17F2N5O2S. The van der Waals surface area contributed by atoms with Crippen LogP contribution in [0.15, 0.2) is 46.6 Å². The lowest BCUT2D eigenvalue weighted by Gasteiger charge is -2.10. The van der Waals surface area contributed by atoms with Crippen LogP contribution in [-0.4, -0.2) is 25.7 Å². The summed E-state index contributed by atoms with van der Waals surface area (Å²) in [4.78, 5) is 32.9. The summed E-state index contributed by atoms with van der Waals surface area (Å²) in [5.41, 5.74) is 0.516. The molecule has 0 radical (unpaired) electrons. The Balaban J connectivity index is 1.82. The van der Waals surface area contributed by atoms with Crippen LogP contribution in [0.1, 0.15) is 28.5 Å². The third kappa shape index (κ3) is 3.89. The molecule has 7 nitrogen and oxygen atoms in total. The van der Waals surface area contributed by atoms with Crippen molar-refractivity contribution in [2.24, 2.45) is 0 Å². The number of carbonyl (C=O) groups is 1. The number of nitrogens with zero attached hydrogens (tertiary/aromatic N) is 3. The van der Waals surface area contributed by atoms with Gasteiger partial charge in [0.1, 0.15) is 28.7 Å². The highest BCUT2D eigenvalue weighted by molar-refractivity contribution is 7.13. The number of halogens is 2. The van der Waals surface area contributed by atoms with Crippen LogP contribution in [0.2, 0.25) is 0 Å². The first-order valence-corrected chi connectivity index (χ1v) is 10.3. The molecule has 0 unspecified atom stereocenters. The Hall–Kier alpha value is -3.66. The molecule has 0 atom stereocenters. The van der Waals surface area contributed by atoms with Crippen molar-refractivity contribution in [2.75, 3.05) is 5.32 Å². The van der Waals surface area contributed by atoms with E-state index in [0.29, 0.717) is 23.4 Å². The number of hydrogen-bond donors (Lipinski definition) is 2. The van der Waals surface area contributed by atoms with Crippen LogP contribution >= 0.6 is 11.3 Å². The number of hydrogen-bond acceptors (Lipinski definition) is 5.